The molecule has 3 heterocycles. The van der Waals surface area contributed by atoms with Gasteiger partial charge in [-0.2, -0.15) is 5.26 Å². The third kappa shape index (κ3) is 2.09. The lowest BCUT2D eigenvalue weighted by Gasteiger charge is -2.30. The maximum Gasteiger partial charge on any atom is 0.155 e. The van der Waals surface area contributed by atoms with Crippen molar-refractivity contribution in [2.45, 2.75) is 26.8 Å². The number of pyridine rings is 1. The summed E-state index contributed by atoms with van der Waals surface area (Å²) < 4.78 is 2.20. The number of rotatable bonds is 1. The van der Waals surface area contributed by atoms with Gasteiger partial charge in [0.05, 0.1) is 5.52 Å². The first kappa shape index (κ1) is 14.8. The van der Waals surface area contributed by atoms with E-state index in [-0.39, 0.29) is 0 Å². The normalized spacial score (nSPS) is 13.8. The molecule has 24 heavy (non-hydrogen) atoms. The van der Waals surface area contributed by atoms with Gasteiger partial charge in [-0.3, -0.25) is 0 Å². The van der Waals surface area contributed by atoms with Gasteiger partial charge in [0, 0.05) is 31.2 Å². The minimum absolute atomic E-state index is 0.491. The summed E-state index contributed by atoms with van der Waals surface area (Å²) >= 11 is 0. The van der Waals surface area contributed by atoms with Crippen LogP contribution in [0.4, 0.5) is 5.82 Å². The van der Waals surface area contributed by atoms with E-state index in [9.17, 15) is 5.26 Å². The van der Waals surface area contributed by atoms with Gasteiger partial charge in [-0.05, 0) is 43.0 Å². The minimum atomic E-state index is 0.491. The summed E-state index contributed by atoms with van der Waals surface area (Å²) in [4.78, 5) is 6.99. The van der Waals surface area contributed by atoms with Gasteiger partial charge in [-0.15, -0.1) is 0 Å². The SMILES string of the molecule is Cc1c(C)n(C)c2c(N3CCc4ccccc4C3)nc(C#N)cc12. The molecule has 0 unspecified atom stereocenters. The molecular weight excluding hydrogens is 296 g/mol. The van der Waals surface area contributed by atoms with Gasteiger partial charge in [0.1, 0.15) is 11.8 Å². The van der Waals surface area contributed by atoms with Crippen molar-refractivity contribution in [2.24, 2.45) is 7.05 Å². The van der Waals surface area contributed by atoms with Crippen LogP contribution in [-0.2, 0) is 20.0 Å². The topological polar surface area (TPSA) is 44.9 Å². The van der Waals surface area contributed by atoms with Crippen LogP contribution in [0.3, 0.4) is 0 Å². The van der Waals surface area contributed by atoms with E-state index in [2.05, 4.69) is 65.7 Å². The largest absolute Gasteiger partial charge is 0.350 e. The zero-order chi connectivity index (χ0) is 16.8. The number of aromatic nitrogens is 2. The van der Waals surface area contributed by atoms with E-state index in [4.69, 9.17) is 0 Å². The molecule has 0 spiro atoms. The zero-order valence-electron chi connectivity index (χ0n) is 14.3. The quantitative estimate of drug-likeness (QED) is 0.689. The molecule has 4 heteroatoms. The number of aryl methyl sites for hydroxylation is 2. The maximum atomic E-state index is 9.41. The minimum Gasteiger partial charge on any atom is -0.350 e. The predicted molar refractivity (Wildman–Crippen MR) is 96.1 cm³/mol. The molecule has 0 bridgehead atoms. The molecule has 4 nitrogen and oxygen atoms in total. The fraction of sp³-hybridized carbons (Fsp3) is 0.300. The van der Waals surface area contributed by atoms with Crippen molar-refractivity contribution >= 4 is 16.7 Å². The van der Waals surface area contributed by atoms with E-state index in [0.29, 0.717) is 5.69 Å². The highest BCUT2D eigenvalue weighted by molar-refractivity contribution is 5.94. The van der Waals surface area contributed by atoms with E-state index >= 15 is 0 Å². The van der Waals surface area contributed by atoms with Crippen molar-refractivity contribution in [3.05, 3.63) is 58.4 Å². The van der Waals surface area contributed by atoms with E-state index < -0.39 is 0 Å². The van der Waals surface area contributed by atoms with Crippen LogP contribution in [0.2, 0.25) is 0 Å². The third-order valence-corrected chi connectivity index (χ3v) is 5.30. The van der Waals surface area contributed by atoms with Gasteiger partial charge in [0.2, 0.25) is 0 Å². The van der Waals surface area contributed by atoms with E-state index in [1.54, 1.807) is 0 Å². The first-order chi connectivity index (χ1) is 11.6. The molecule has 1 aliphatic rings. The molecule has 0 atom stereocenters. The van der Waals surface area contributed by atoms with Gasteiger partial charge in [-0.25, -0.2) is 4.98 Å². The zero-order valence-corrected chi connectivity index (χ0v) is 14.3. The molecule has 1 aromatic carbocycles. The van der Waals surface area contributed by atoms with Crippen LogP contribution in [0.15, 0.2) is 30.3 Å². The molecule has 0 aliphatic carbocycles. The van der Waals surface area contributed by atoms with E-state index in [1.807, 2.05) is 6.07 Å². The molecule has 2 aromatic heterocycles. The Bertz CT molecular complexity index is 991. The Balaban J connectivity index is 1.91. The van der Waals surface area contributed by atoms with Crippen LogP contribution < -0.4 is 4.90 Å². The lowest BCUT2D eigenvalue weighted by Crippen LogP contribution is -2.31. The van der Waals surface area contributed by atoms with Gasteiger partial charge in [0.15, 0.2) is 5.82 Å². The van der Waals surface area contributed by atoms with Crippen molar-refractivity contribution in [3.8, 4) is 6.07 Å². The first-order valence-electron chi connectivity index (χ1n) is 8.28. The molecule has 0 radical (unpaired) electrons. The average Bonchev–Trinajstić information content (AvgIpc) is 2.85. The van der Waals surface area contributed by atoms with Crippen LogP contribution in [0.5, 0.6) is 0 Å². The van der Waals surface area contributed by atoms with Crippen molar-refractivity contribution in [1.82, 2.24) is 9.55 Å². The number of hydrogen-bond acceptors (Lipinski definition) is 3. The van der Waals surface area contributed by atoms with Gasteiger partial charge in [-0.1, -0.05) is 24.3 Å². The second-order valence-corrected chi connectivity index (χ2v) is 6.55. The molecule has 3 aromatic rings. The summed E-state index contributed by atoms with van der Waals surface area (Å²) in [5.74, 6) is 0.928. The summed E-state index contributed by atoms with van der Waals surface area (Å²) in [5, 5.41) is 10.5. The highest BCUT2D eigenvalue weighted by Gasteiger charge is 2.23. The van der Waals surface area contributed by atoms with Crippen LogP contribution >= 0.6 is 0 Å². The van der Waals surface area contributed by atoms with E-state index in [0.717, 1.165) is 36.2 Å². The van der Waals surface area contributed by atoms with Crippen molar-refractivity contribution in [1.29, 1.82) is 5.26 Å². The Labute approximate surface area is 142 Å². The summed E-state index contributed by atoms with van der Waals surface area (Å²) in [6, 6.07) is 12.7. The summed E-state index contributed by atoms with van der Waals surface area (Å²) in [6.45, 7) is 6.01. The monoisotopic (exact) mass is 316 g/mol. The summed E-state index contributed by atoms with van der Waals surface area (Å²) in [5.41, 5.74) is 6.84. The highest BCUT2D eigenvalue weighted by atomic mass is 15.2. The Morgan fingerprint density at radius 3 is 2.67 bits per heavy atom. The van der Waals surface area contributed by atoms with Crippen LogP contribution in [0.1, 0.15) is 28.1 Å². The Hall–Kier alpha value is -2.80. The molecule has 1 aliphatic heterocycles. The standard InChI is InChI=1S/C20H20N4/c1-13-14(2)23(3)19-18(13)10-17(11-21)22-20(19)24-9-8-15-6-4-5-7-16(15)12-24/h4-7,10H,8-9,12H2,1-3H3. The fourth-order valence-electron chi connectivity index (χ4n) is 3.71. The average molecular weight is 316 g/mol. The lowest BCUT2D eigenvalue weighted by molar-refractivity contribution is 0.720. The van der Waals surface area contributed by atoms with Crippen LogP contribution in [-0.4, -0.2) is 16.1 Å². The number of hydrogen-bond donors (Lipinski definition) is 0. The Kier molecular flexibility index (Phi) is 3.31. The molecule has 4 rings (SSSR count). The van der Waals surface area contributed by atoms with Gasteiger partial charge < -0.3 is 9.47 Å². The molecular formula is C20H20N4. The molecule has 0 saturated carbocycles. The second-order valence-electron chi connectivity index (χ2n) is 6.55. The van der Waals surface area contributed by atoms with E-state index in [1.165, 1.54) is 22.4 Å². The van der Waals surface area contributed by atoms with Gasteiger partial charge >= 0.3 is 0 Å². The Morgan fingerprint density at radius 2 is 1.92 bits per heavy atom. The second kappa shape index (κ2) is 5.38. The third-order valence-electron chi connectivity index (χ3n) is 5.30. The summed E-state index contributed by atoms with van der Waals surface area (Å²) in [6.07, 6.45) is 1.01. The number of fused-ring (bicyclic) bond motifs is 2. The number of nitrogens with zero attached hydrogens (tertiary/aromatic N) is 4. The predicted octanol–water partition coefficient (Wildman–Crippen LogP) is 3.62. The first-order valence-corrected chi connectivity index (χ1v) is 8.28. The molecule has 0 N–H and O–H groups in total. The smallest absolute Gasteiger partial charge is 0.155 e. The van der Waals surface area contributed by atoms with Crippen LogP contribution in [0, 0.1) is 25.2 Å². The van der Waals surface area contributed by atoms with Crippen LogP contribution in [0.25, 0.3) is 10.9 Å². The molecule has 120 valence electrons. The molecule has 0 saturated heterocycles. The van der Waals surface area contributed by atoms with Crippen molar-refractivity contribution in [2.75, 3.05) is 11.4 Å². The highest BCUT2D eigenvalue weighted by Crippen LogP contribution is 2.33. The Morgan fingerprint density at radius 1 is 1.17 bits per heavy atom. The summed E-state index contributed by atoms with van der Waals surface area (Å²) in [7, 11) is 2.08. The van der Waals surface area contributed by atoms with Crippen molar-refractivity contribution in [3.63, 3.8) is 0 Å². The number of nitriles is 1. The molecule has 0 amide bonds. The fourth-order valence-corrected chi connectivity index (χ4v) is 3.71. The van der Waals surface area contributed by atoms with Gasteiger partial charge in [0.25, 0.3) is 0 Å². The number of anilines is 1. The molecule has 0 fully saturated rings. The lowest BCUT2D eigenvalue weighted by atomic mass is 10.00. The number of benzene rings is 1. The maximum absolute atomic E-state index is 9.41. The van der Waals surface area contributed by atoms with Crippen molar-refractivity contribution < 1.29 is 0 Å².